The van der Waals surface area contributed by atoms with Gasteiger partial charge in [0, 0.05) is 39.0 Å². The summed E-state index contributed by atoms with van der Waals surface area (Å²) in [4.78, 5) is 0. The van der Waals surface area contributed by atoms with E-state index in [-0.39, 0.29) is 0 Å². The fourth-order valence-corrected chi connectivity index (χ4v) is 2.15. The fraction of sp³-hybridized carbons (Fsp3) is 0.267. The van der Waals surface area contributed by atoms with Crippen molar-refractivity contribution < 1.29 is 0 Å². The second-order valence-corrected chi connectivity index (χ2v) is 4.90. The molecule has 0 aliphatic rings. The van der Waals surface area contributed by atoms with Crippen LogP contribution in [-0.2, 0) is 20.0 Å². The van der Waals surface area contributed by atoms with Crippen LogP contribution in [0.15, 0.2) is 49.1 Å². The van der Waals surface area contributed by atoms with Gasteiger partial charge in [0.2, 0.25) is 0 Å². The summed E-state index contributed by atoms with van der Waals surface area (Å²) in [6.07, 6.45) is 6.32. The van der Waals surface area contributed by atoms with E-state index in [0.717, 1.165) is 31.0 Å². The van der Waals surface area contributed by atoms with Crippen LogP contribution in [0.2, 0.25) is 0 Å². The highest BCUT2D eigenvalue weighted by molar-refractivity contribution is 5.33. The lowest BCUT2D eigenvalue weighted by atomic mass is 10.2. The molecule has 2 aromatic heterocycles. The maximum absolute atomic E-state index is 4.21. The van der Waals surface area contributed by atoms with Crippen molar-refractivity contribution in [1.82, 2.24) is 29.9 Å². The summed E-state index contributed by atoms with van der Waals surface area (Å²) >= 11 is 0. The summed E-state index contributed by atoms with van der Waals surface area (Å²) in [7, 11) is 1.96. The maximum Gasteiger partial charge on any atom is 0.133 e. The second-order valence-electron chi connectivity index (χ2n) is 4.90. The number of benzene rings is 1. The number of nitrogens with one attached hydrogen (secondary N) is 1. The Morgan fingerprint density at radius 1 is 1.19 bits per heavy atom. The highest BCUT2D eigenvalue weighted by Gasteiger charge is 2.00. The lowest BCUT2D eigenvalue weighted by molar-refractivity contribution is 0.653. The number of aromatic nitrogens is 5. The van der Waals surface area contributed by atoms with Gasteiger partial charge in [0.1, 0.15) is 12.2 Å². The summed E-state index contributed by atoms with van der Waals surface area (Å²) in [5.41, 5.74) is 2.33. The molecule has 0 saturated heterocycles. The van der Waals surface area contributed by atoms with E-state index in [1.165, 1.54) is 5.56 Å². The molecular formula is C15H18N6. The van der Waals surface area contributed by atoms with Crippen LogP contribution in [-0.4, -0.2) is 31.1 Å². The smallest absolute Gasteiger partial charge is 0.133 e. The van der Waals surface area contributed by atoms with E-state index in [4.69, 9.17) is 0 Å². The van der Waals surface area contributed by atoms with Gasteiger partial charge in [0.25, 0.3) is 0 Å². The van der Waals surface area contributed by atoms with E-state index in [1.807, 2.05) is 28.6 Å². The van der Waals surface area contributed by atoms with Gasteiger partial charge in [0.15, 0.2) is 0 Å². The summed E-state index contributed by atoms with van der Waals surface area (Å²) in [6.45, 7) is 1.73. The van der Waals surface area contributed by atoms with Crippen molar-refractivity contribution in [2.24, 2.45) is 7.05 Å². The molecule has 0 unspecified atom stereocenters. The number of aryl methyl sites for hydroxylation is 1. The molecule has 0 amide bonds. The Morgan fingerprint density at radius 2 is 2.05 bits per heavy atom. The van der Waals surface area contributed by atoms with Crippen LogP contribution in [0.4, 0.5) is 0 Å². The van der Waals surface area contributed by atoms with Gasteiger partial charge in [-0.1, -0.05) is 12.1 Å². The molecule has 0 bridgehead atoms. The zero-order valence-electron chi connectivity index (χ0n) is 12.0. The molecule has 0 fully saturated rings. The first kappa shape index (κ1) is 13.5. The van der Waals surface area contributed by atoms with Gasteiger partial charge in [-0.05, 0) is 23.8 Å². The van der Waals surface area contributed by atoms with Gasteiger partial charge < -0.3 is 9.88 Å². The molecule has 0 saturated carbocycles. The Morgan fingerprint density at radius 3 is 2.71 bits per heavy atom. The molecule has 0 radical (unpaired) electrons. The lowest BCUT2D eigenvalue weighted by Gasteiger charge is -2.06. The summed E-state index contributed by atoms with van der Waals surface area (Å²) in [5, 5.41) is 15.6. The predicted octanol–water partition coefficient (Wildman–Crippen LogP) is 1.33. The highest BCUT2D eigenvalue weighted by atomic mass is 15.3. The van der Waals surface area contributed by atoms with Gasteiger partial charge in [-0.15, -0.1) is 10.2 Å². The Kier molecular flexibility index (Phi) is 4.07. The van der Waals surface area contributed by atoms with Crippen LogP contribution in [0.3, 0.4) is 0 Å². The van der Waals surface area contributed by atoms with Crippen LogP contribution >= 0.6 is 0 Å². The minimum absolute atomic E-state index is 0.844. The molecule has 0 spiro atoms. The maximum atomic E-state index is 4.21. The van der Waals surface area contributed by atoms with Crippen molar-refractivity contribution in [3.8, 4) is 5.69 Å². The van der Waals surface area contributed by atoms with Crippen molar-refractivity contribution >= 4 is 0 Å². The van der Waals surface area contributed by atoms with Crippen molar-refractivity contribution in [2.75, 3.05) is 6.54 Å². The zero-order valence-corrected chi connectivity index (χ0v) is 12.0. The van der Waals surface area contributed by atoms with E-state index in [1.54, 1.807) is 12.5 Å². The van der Waals surface area contributed by atoms with Crippen molar-refractivity contribution in [3.63, 3.8) is 0 Å². The Bertz CT molecular complexity index is 669. The second kappa shape index (κ2) is 6.32. The molecule has 0 atom stereocenters. The third-order valence-corrected chi connectivity index (χ3v) is 3.36. The van der Waals surface area contributed by atoms with E-state index < -0.39 is 0 Å². The van der Waals surface area contributed by atoms with E-state index >= 15 is 0 Å². The first-order valence-corrected chi connectivity index (χ1v) is 6.95. The van der Waals surface area contributed by atoms with Crippen LogP contribution in [0.25, 0.3) is 5.69 Å². The minimum atomic E-state index is 0.844. The van der Waals surface area contributed by atoms with Crippen LogP contribution < -0.4 is 5.32 Å². The topological polar surface area (TPSA) is 60.6 Å². The Labute approximate surface area is 123 Å². The molecule has 0 aliphatic carbocycles. The average molecular weight is 282 g/mol. The normalized spacial score (nSPS) is 10.9. The van der Waals surface area contributed by atoms with E-state index in [2.05, 4.69) is 44.9 Å². The molecule has 2 heterocycles. The largest absolute Gasteiger partial charge is 0.321 e. The Hall–Kier alpha value is -2.47. The van der Waals surface area contributed by atoms with Crippen molar-refractivity contribution in [2.45, 2.75) is 13.0 Å². The summed E-state index contributed by atoms with van der Waals surface area (Å²) in [6, 6.07) is 10.3. The molecule has 21 heavy (non-hydrogen) atoms. The molecule has 1 N–H and O–H groups in total. The first-order chi connectivity index (χ1) is 10.3. The number of hydrogen-bond acceptors (Lipinski definition) is 4. The van der Waals surface area contributed by atoms with Gasteiger partial charge in [-0.25, -0.2) is 4.68 Å². The van der Waals surface area contributed by atoms with Gasteiger partial charge in [0.05, 0.1) is 5.69 Å². The lowest BCUT2D eigenvalue weighted by Crippen LogP contribution is -2.18. The van der Waals surface area contributed by atoms with Gasteiger partial charge >= 0.3 is 0 Å². The fourth-order valence-electron chi connectivity index (χ4n) is 2.15. The molecule has 3 aromatic rings. The van der Waals surface area contributed by atoms with Gasteiger partial charge in [-0.2, -0.15) is 5.10 Å². The highest BCUT2D eigenvalue weighted by Crippen LogP contribution is 2.08. The average Bonchev–Trinajstić information content (AvgIpc) is 3.16. The van der Waals surface area contributed by atoms with Gasteiger partial charge in [-0.3, -0.25) is 0 Å². The summed E-state index contributed by atoms with van der Waals surface area (Å²) in [5.74, 6) is 0.997. The minimum Gasteiger partial charge on any atom is -0.321 e. The van der Waals surface area contributed by atoms with Crippen molar-refractivity contribution in [1.29, 1.82) is 0 Å². The molecule has 3 rings (SSSR count). The first-order valence-electron chi connectivity index (χ1n) is 6.95. The third kappa shape index (κ3) is 3.35. The van der Waals surface area contributed by atoms with E-state index in [0.29, 0.717) is 0 Å². The quantitative estimate of drug-likeness (QED) is 0.693. The number of rotatable bonds is 6. The van der Waals surface area contributed by atoms with Crippen LogP contribution in [0.5, 0.6) is 0 Å². The predicted molar refractivity (Wildman–Crippen MR) is 80.0 cm³/mol. The van der Waals surface area contributed by atoms with Crippen LogP contribution in [0, 0.1) is 0 Å². The Balaban J connectivity index is 1.48. The molecular weight excluding hydrogens is 264 g/mol. The van der Waals surface area contributed by atoms with Crippen molar-refractivity contribution in [3.05, 3.63) is 60.4 Å². The summed E-state index contributed by atoms with van der Waals surface area (Å²) < 4.78 is 3.80. The van der Waals surface area contributed by atoms with E-state index in [9.17, 15) is 0 Å². The molecule has 6 heteroatoms. The van der Waals surface area contributed by atoms with Crippen LogP contribution in [0.1, 0.15) is 11.4 Å². The third-order valence-electron chi connectivity index (χ3n) is 3.36. The monoisotopic (exact) mass is 282 g/mol. The number of nitrogens with zero attached hydrogens (tertiary/aromatic N) is 5. The molecule has 108 valence electrons. The standard InChI is InChI=1S/C15H18N6/c1-20-12-17-19-15(20)7-9-16-11-13-3-5-14(6-4-13)21-10-2-8-18-21/h2-6,8,10,12,16H,7,9,11H2,1H3. The molecule has 1 aromatic carbocycles. The molecule has 0 aliphatic heterocycles. The number of hydrogen-bond donors (Lipinski definition) is 1. The molecule has 6 nitrogen and oxygen atoms in total. The zero-order chi connectivity index (χ0) is 14.5. The SMILES string of the molecule is Cn1cnnc1CCNCc1ccc(-n2cccn2)cc1.